The second kappa shape index (κ2) is 7.09. The summed E-state index contributed by atoms with van der Waals surface area (Å²) in [6.45, 7) is 0.383. The van der Waals surface area contributed by atoms with Gasteiger partial charge >= 0.3 is 6.09 Å². The topological polar surface area (TPSA) is 66.0 Å². The normalized spacial score (nSPS) is 17.4. The van der Waals surface area contributed by atoms with Gasteiger partial charge in [-0.25, -0.2) is 4.79 Å². The van der Waals surface area contributed by atoms with Crippen LogP contribution in [0.2, 0.25) is 0 Å². The third kappa shape index (κ3) is 3.19. The summed E-state index contributed by atoms with van der Waals surface area (Å²) in [5.41, 5.74) is 0.844. The number of hydrogen-bond donors (Lipinski definition) is 1. The summed E-state index contributed by atoms with van der Waals surface area (Å²) in [6.07, 6.45) is 0.255. The third-order valence-electron chi connectivity index (χ3n) is 3.04. The first-order valence-electron chi connectivity index (χ1n) is 5.92. The number of alkyl carbamates (subject to hydrolysis) is 1. The molecule has 7 heteroatoms. The maximum atomic E-state index is 11.3. The molecule has 0 aromatic heterocycles. The molecule has 1 fully saturated rings. The number of hydrogen-bond acceptors (Lipinski definition) is 5. The van der Waals surface area contributed by atoms with Crippen LogP contribution in [0.1, 0.15) is 18.0 Å². The molecule has 1 aromatic carbocycles. The molecule has 20 heavy (non-hydrogen) atoms. The molecule has 1 heterocycles. The predicted molar refractivity (Wildman–Crippen MR) is 75.2 cm³/mol. The minimum Gasteiger partial charge on any atom is -0.496 e. The number of carbonyl (C=O) groups excluding carboxylic acids is 1. The Bertz CT molecular complexity index is 480. The molecule has 1 amide bonds. The summed E-state index contributed by atoms with van der Waals surface area (Å²) in [6, 6.07) is 3.40. The van der Waals surface area contributed by atoms with Crippen LogP contribution >= 0.6 is 12.4 Å². The van der Waals surface area contributed by atoms with E-state index in [0.717, 1.165) is 5.56 Å². The molecular weight excluding hydrogens is 286 g/mol. The van der Waals surface area contributed by atoms with Crippen LogP contribution in [0.3, 0.4) is 0 Å². The second-order valence-corrected chi connectivity index (χ2v) is 4.07. The van der Waals surface area contributed by atoms with Crippen LogP contribution in [0, 0.1) is 0 Å². The molecule has 0 spiro atoms. The van der Waals surface area contributed by atoms with Gasteiger partial charge in [-0.3, -0.25) is 0 Å². The lowest BCUT2D eigenvalue weighted by molar-refractivity contribution is 0.115. The molecule has 0 bridgehead atoms. The lowest BCUT2D eigenvalue weighted by Gasteiger charge is -2.25. The smallest absolute Gasteiger partial charge is 0.407 e. The Morgan fingerprint density at radius 1 is 1.10 bits per heavy atom. The van der Waals surface area contributed by atoms with Crippen molar-refractivity contribution in [2.24, 2.45) is 0 Å². The molecular formula is C13H18ClNO5. The van der Waals surface area contributed by atoms with Gasteiger partial charge in [0.2, 0.25) is 0 Å². The monoisotopic (exact) mass is 303 g/mol. The fourth-order valence-corrected chi connectivity index (χ4v) is 2.08. The fourth-order valence-electron chi connectivity index (χ4n) is 2.08. The zero-order valence-corrected chi connectivity index (χ0v) is 12.4. The van der Waals surface area contributed by atoms with Crippen molar-refractivity contribution in [3.05, 3.63) is 17.7 Å². The summed E-state index contributed by atoms with van der Waals surface area (Å²) in [7, 11) is 4.70. The maximum absolute atomic E-state index is 11.3. The number of halogens is 1. The Balaban J connectivity index is 0.00000200. The van der Waals surface area contributed by atoms with E-state index in [2.05, 4.69) is 5.32 Å². The van der Waals surface area contributed by atoms with Crippen LogP contribution in [-0.2, 0) is 4.74 Å². The van der Waals surface area contributed by atoms with Crippen molar-refractivity contribution in [3.63, 3.8) is 0 Å². The van der Waals surface area contributed by atoms with Gasteiger partial charge < -0.3 is 24.3 Å². The number of methoxy groups -OCH3 is 3. The van der Waals surface area contributed by atoms with Crippen molar-refractivity contribution in [2.45, 2.75) is 12.5 Å². The van der Waals surface area contributed by atoms with E-state index in [9.17, 15) is 4.79 Å². The Morgan fingerprint density at radius 2 is 1.70 bits per heavy atom. The van der Waals surface area contributed by atoms with Crippen molar-refractivity contribution >= 4 is 18.5 Å². The van der Waals surface area contributed by atoms with Gasteiger partial charge in [-0.2, -0.15) is 0 Å². The van der Waals surface area contributed by atoms with E-state index < -0.39 is 6.09 Å². The van der Waals surface area contributed by atoms with E-state index >= 15 is 0 Å². The highest BCUT2D eigenvalue weighted by molar-refractivity contribution is 5.85. The molecule has 1 atom stereocenters. The molecule has 1 aliphatic rings. The molecule has 1 N–H and O–H groups in total. The number of cyclic esters (lactones) is 1. The van der Waals surface area contributed by atoms with Crippen LogP contribution in [0.15, 0.2) is 12.1 Å². The number of carbonyl (C=O) groups is 1. The largest absolute Gasteiger partial charge is 0.496 e. The number of nitrogens with one attached hydrogen (secondary N) is 1. The van der Waals surface area contributed by atoms with Gasteiger partial charge in [-0.1, -0.05) is 0 Å². The first kappa shape index (κ1) is 16.2. The van der Waals surface area contributed by atoms with Crippen molar-refractivity contribution in [3.8, 4) is 17.2 Å². The number of rotatable bonds is 4. The lowest BCUT2D eigenvalue weighted by atomic mass is 10.0. The SMILES string of the molecule is COc1cc(OC)c([C@@H]2CCOC(=O)N2)cc1OC.Cl. The molecule has 0 radical (unpaired) electrons. The molecule has 1 saturated heterocycles. The first-order chi connectivity index (χ1) is 9.19. The summed E-state index contributed by atoms with van der Waals surface area (Å²) >= 11 is 0. The summed E-state index contributed by atoms with van der Waals surface area (Å²) in [5.74, 6) is 1.82. The second-order valence-electron chi connectivity index (χ2n) is 4.07. The average Bonchev–Trinajstić information content (AvgIpc) is 2.45. The van der Waals surface area contributed by atoms with E-state index in [1.807, 2.05) is 6.07 Å². The fraction of sp³-hybridized carbons (Fsp3) is 0.462. The van der Waals surface area contributed by atoms with Crippen LogP contribution in [-0.4, -0.2) is 34.0 Å². The van der Waals surface area contributed by atoms with Gasteiger partial charge in [-0.05, 0) is 6.07 Å². The highest BCUT2D eigenvalue weighted by Gasteiger charge is 2.25. The van der Waals surface area contributed by atoms with Crippen LogP contribution in [0.4, 0.5) is 4.79 Å². The molecule has 112 valence electrons. The Kier molecular flexibility index (Phi) is 5.76. The lowest BCUT2D eigenvalue weighted by Crippen LogP contribution is -2.35. The molecule has 2 rings (SSSR count). The van der Waals surface area contributed by atoms with Crippen LogP contribution in [0.5, 0.6) is 17.2 Å². The molecule has 0 unspecified atom stereocenters. The number of ether oxygens (including phenoxy) is 4. The Labute approximate surface area is 123 Å². The van der Waals surface area contributed by atoms with Gasteiger partial charge in [-0.15, -0.1) is 12.4 Å². The Morgan fingerprint density at radius 3 is 2.25 bits per heavy atom. The van der Waals surface area contributed by atoms with Crippen LogP contribution in [0.25, 0.3) is 0 Å². The van der Waals surface area contributed by atoms with Gasteiger partial charge in [0.1, 0.15) is 5.75 Å². The van der Waals surface area contributed by atoms with E-state index in [4.69, 9.17) is 18.9 Å². The van der Waals surface area contributed by atoms with Gasteiger partial charge in [0.15, 0.2) is 11.5 Å². The van der Waals surface area contributed by atoms with Crippen molar-refractivity contribution in [2.75, 3.05) is 27.9 Å². The average molecular weight is 304 g/mol. The van der Waals surface area contributed by atoms with E-state index in [1.54, 1.807) is 27.4 Å². The van der Waals surface area contributed by atoms with Crippen LogP contribution < -0.4 is 19.5 Å². The van der Waals surface area contributed by atoms with Crippen molar-refractivity contribution in [1.29, 1.82) is 0 Å². The summed E-state index contributed by atoms with van der Waals surface area (Å²) in [4.78, 5) is 11.3. The molecule has 0 aliphatic carbocycles. The zero-order chi connectivity index (χ0) is 13.8. The van der Waals surface area contributed by atoms with Gasteiger partial charge in [0.25, 0.3) is 0 Å². The molecule has 1 aliphatic heterocycles. The summed E-state index contributed by atoms with van der Waals surface area (Å²) < 4.78 is 20.7. The molecule has 0 saturated carbocycles. The molecule has 1 aromatic rings. The van der Waals surface area contributed by atoms with E-state index in [-0.39, 0.29) is 18.4 Å². The van der Waals surface area contributed by atoms with E-state index in [1.165, 1.54) is 0 Å². The third-order valence-corrected chi connectivity index (χ3v) is 3.04. The maximum Gasteiger partial charge on any atom is 0.407 e. The highest BCUT2D eigenvalue weighted by Crippen LogP contribution is 2.38. The predicted octanol–water partition coefficient (Wildman–Crippen LogP) is 2.31. The highest BCUT2D eigenvalue weighted by atomic mass is 35.5. The summed E-state index contributed by atoms with van der Waals surface area (Å²) in [5, 5.41) is 2.76. The van der Waals surface area contributed by atoms with Crippen molar-refractivity contribution < 1.29 is 23.7 Å². The number of amides is 1. The van der Waals surface area contributed by atoms with Gasteiger partial charge in [0, 0.05) is 18.1 Å². The first-order valence-corrected chi connectivity index (χ1v) is 5.92. The zero-order valence-electron chi connectivity index (χ0n) is 11.6. The quantitative estimate of drug-likeness (QED) is 0.924. The minimum absolute atomic E-state index is 0. The standard InChI is InChI=1S/C13H17NO5.ClH/c1-16-10-7-12(18-3)11(17-2)6-8(10)9-4-5-19-13(15)14-9;/h6-7,9H,4-5H2,1-3H3,(H,14,15);1H/t9-;/m0./s1. The molecule has 6 nitrogen and oxygen atoms in total. The van der Waals surface area contributed by atoms with Crippen molar-refractivity contribution in [1.82, 2.24) is 5.32 Å². The van der Waals surface area contributed by atoms with Gasteiger partial charge in [0.05, 0.1) is 34.0 Å². The Hall–Kier alpha value is -1.82. The van der Waals surface area contributed by atoms with E-state index in [0.29, 0.717) is 30.3 Å². The minimum atomic E-state index is -0.423. The number of benzene rings is 1.